The van der Waals surface area contributed by atoms with E-state index in [1.807, 2.05) is 0 Å². The predicted octanol–water partition coefficient (Wildman–Crippen LogP) is 8.27. The molecular weight excluding hydrogens is 558 g/mol. The predicted molar refractivity (Wildman–Crippen MR) is 181 cm³/mol. The van der Waals surface area contributed by atoms with Crippen LogP contribution in [0.3, 0.4) is 0 Å². The first-order chi connectivity index (χ1) is 21.3. The average molecular weight is 630 g/mol. The molecule has 0 saturated heterocycles. The molecule has 0 aliphatic carbocycles. The molecule has 1 N–H and O–H groups in total. The summed E-state index contributed by atoms with van der Waals surface area (Å²) in [6.45, 7) is 16.6. The van der Waals surface area contributed by atoms with E-state index in [-0.39, 0.29) is 37.7 Å². The zero-order chi connectivity index (χ0) is 33.3. The first-order valence-corrected chi connectivity index (χ1v) is 18.0. The molecule has 0 amide bonds. The lowest BCUT2D eigenvalue weighted by Gasteiger charge is -2.16. The SMILES string of the molecule is CCCCCCC(CCCC)COC(=O)CCCCCCCCC(=O)OCC(CO)COC(C)=O.CCCCN(CC)CC. The number of aliphatic hydroxyl groups excluding tert-OH is 1. The Labute approximate surface area is 271 Å². The number of carbonyl (C=O) groups excluding carboxylic acids is 3. The number of aliphatic hydroxyl groups is 1. The maximum absolute atomic E-state index is 12.1. The minimum absolute atomic E-state index is 0.0468. The molecule has 262 valence electrons. The first kappa shape index (κ1) is 44.5. The minimum Gasteiger partial charge on any atom is -0.465 e. The van der Waals surface area contributed by atoms with Crippen LogP contribution in [0.4, 0.5) is 0 Å². The van der Waals surface area contributed by atoms with Gasteiger partial charge in [-0.2, -0.15) is 0 Å². The topological polar surface area (TPSA) is 102 Å². The van der Waals surface area contributed by atoms with Gasteiger partial charge in [-0.15, -0.1) is 0 Å². The van der Waals surface area contributed by atoms with Crippen LogP contribution in [0.15, 0.2) is 0 Å². The van der Waals surface area contributed by atoms with E-state index in [0.717, 1.165) is 51.4 Å². The van der Waals surface area contributed by atoms with E-state index in [0.29, 0.717) is 25.4 Å². The summed E-state index contributed by atoms with van der Waals surface area (Å²) < 4.78 is 15.6. The van der Waals surface area contributed by atoms with Gasteiger partial charge in [-0.25, -0.2) is 0 Å². The van der Waals surface area contributed by atoms with Crippen molar-refractivity contribution in [3.8, 4) is 0 Å². The number of ether oxygens (including phenoxy) is 3. The van der Waals surface area contributed by atoms with E-state index in [4.69, 9.17) is 14.2 Å². The Morgan fingerprint density at radius 1 is 0.568 bits per heavy atom. The van der Waals surface area contributed by atoms with Crippen LogP contribution in [-0.4, -0.2) is 74.0 Å². The fraction of sp³-hybridized carbons (Fsp3) is 0.917. The van der Waals surface area contributed by atoms with Crippen molar-refractivity contribution in [3.05, 3.63) is 0 Å². The van der Waals surface area contributed by atoms with E-state index in [1.165, 1.54) is 77.9 Å². The summed E-state index contributed by atoms with van der Waals surface area (Å²) in [7, 11) is 0. The molecular formula is C36H71NO7. The molecule has 2 unspecified atom stereocenters. The second kappa shape index (κ2) is 34.2. The zero-order valence-corrected chi connectivity index (χ0v) is 29.7. The van der Waals surface area contributed by atoms with Crippen molar-refractivity contribution in [3.63, 3.8) is 0 Å². The molecule has 0 bridgehead atoms. The van der Waals surface area contributed by atoms with E-state index in [2.05, 4.69) is 39.5 Å². The Balaban J connectivity index is 0. The Morgan fingerprint density at radius 2 is 1.02 bits per heavy atom. The number of nitrogens with zero attached hydrogens (tertiary/aromatic N) is 1. The molecule has 0 radical (unpaired) electrons. The summed E-state index contributed by atoms with van der Waals surface area (Å²) in [6, 6.07) is 0. The lowest BCUT2D eigenvalue weighted by atomic mass is 9.96. The third-order valence-electron chi connectivity index (χ3n) is 7.91. The van der Waals surface area contributed by atoms with Crippen molar-refractivity contribution in [1.29, 1.82) is 0 Å². The van der Waals surface area contributed by atoms with E-state index in [9.17, 15) is 19.5 Å². The van der Waals surface area contributed by atoms with Crippen LogP contribution in [0, 0.1) is 11.8 Å². The molecule has 0 heterocycles. The summed E-state index contributed by atoms with van der Waals surface area (Å²) in [5.74, 6) is -0.668. The van der Waals surface area contributed by atoms with Gasteiger partial charge in [-0.05, 0) is 57.7 Å². The van der Waals surface area contributed by atoms with Gasteiger partial charge in [-0.1, -0.05) is 105 Å². The molecule has 44 heavy (non-hydrogen) atoms. The third kappa shape index (κ3) is 31.7. The molecule has 0 aromatic carbocycles. The smallest absolute Gasteiger partial charge is 0.305 e. The highest BCUT2D eigenvalue weighted by molar-refractivity contribution is 5.69. The summed E-state index contributed by atoms with van der Waals surface area (Å²) >= 11 is 0. The maximum Gasteiger partial charge on any atom is 0.305 e. The molecule has 0 spiro atoms. The number of esters is 3. The summed E-state index contributed by atoms with van der Waals surface area (Å²) in [6.07, 6.45) is 18.8. The third-order valence-corrected chi connectivity index (χ3v) is 7.91. The van der Waals surface area contributed by atoms with Gasteiger partial charge in [0.15, 0.2) is 0 Å². The number of unbranched alkanes of at least 4 members (excludes halogenated alkanes) is 10. The standard InChI is InChI=1S/C28H52O7.C8H19N/c1-4-6-8-13-17-25(16-7-5-2)21-34-27(31)18-14-11-9-10-12-15-19-28(32)35-23-26(20-29)22-33-24(3)30;1-4-7-8-9(5-2)6-3/h25-26,29H,4-23H2,1-3H3;4-8H2,1-3H3. The Morgan fingerprint density at radius 3 is 1.50 bits per heavy atom. The van der Waals surface area contributed by atoms with Crippen LogP contribution in [0.25, 0.3) is 0 Å². The van der Waals surface area contributed by atoms with Gasteiger partial charge < -0.3 is 24.2 Å². The molecule has 0 aliphatic heterocycles. The molecule has 2 atom stereocenters. The fourth-order valence-corrected chi connectivity index (χ4v) is 4.79. The van der Waals surface area contributed by atoms with Crippen molar-refractivity contribution in [1.82, 2.24) is 4.90 Å². The number of rotatable bonds is 29. The molecule has 8 heteroatoms. The molecule has 0 aromatic heterocycles. The molecule has 0 aromatic rings. The lowest BCUT2D eigenvalue weighted by Crippen LogP contribution is -2.23. The van der Waals surface area contributed by atoms with Gasteiger partial charge in [0.1, 0.15) is 0 Å². The second-order valence-corrected chi connectivity index (χ2v) is 12.1. The van der Waals surface area contributed by atoms with Gasteiger partial charge in [0.2, 0.25) is 0 Å². The molecule has 0 saturated carbocycles. The lowest BCUT2D eigenvalue weighted by molar-refractivity contribution is -0.149. The van der Waals surface area contributed by atoms with Crippen molar-refractivity contribution >= 4 is 17.9 Å². The average Bonchev–Trinajstić information content (AvgIpc) is 3.02. The molecule has 8 nitrogen and oxygen atoms in total. The Hall–Kier alpha value is -1.67. The molecule has 0 aliphatic rings. The Kier molecular flexibility index (Phi) is 34.6. The van der Waals surface area contributed by atoms with E-state index in [1.54, 1.807) is 0 Å². The van der Waals surface area contributed by atoms with Gasteiger partial charge in [0.05, 0.1) is 32.3 Å². The number of hydrogen-bond donors (Lipinski definition) is 1. The largest absolute Gasteiger partial charge is 0.465 e. The van der Waals surface area contributed by atoms with E-state index >= 15 is 0 Å². The maximum atomic E-state index is 12.1. The van der Waals surface area contributed by atoms with E-state index < -0.39 is 5.97 Å². The van der Waals surface area contributed by atoms with Crippen LogP contribution in [0.1, 0.15) is 157 Å². The first-order valence-electron chi connectivity index (χ1n) is 18.0. The van der Waals surface area contributed by atoms with Crippen molar-refractivity contribution in [2.75, 3.05) is 46.1 Å². The van der Waals surface area contributed by atoms with Crippen LogP contribution in [0.2, 0.25) is 0 Å². The summed E-state index contributed by atoms with van der Waals surface area (Å²) in [4.78, 5) is 37.2. The van der Waals surface area contributed by atoms with Crippen LogP contribution >= 0.6 is 0 Å². The second-order valence-electron chi connectivity index (χ2n) is 12.1. The number of hydrogen-bond acceptors (Lipinski definition) is 8. The normalized spacial score (nSPS) is 12.3. The molecule has 0 rings (SSSR count). The van der Waals surface area contributed by atoms with Gasteiger partial charge in [0, 0.05) is 19.8 Å². The molecule has 0 fully saturated rings. The van der Waals surface area contributed by atoms with Crippen LogP contribution in [0.5, 0.6) is 0 Å². The zero-order valence-electron chi connectivity index (χ0n) is 29.7. The highest BCUT2D eigenvalue weighted by atomic mass is 16.5. The van der Waals surface area contributed by atoms with Gasteiger partial charge in [0.25, 0.3) is 0 Å². The highest BCUT2D eigenvalue weighted by Crippen LogP contribution is 2.18. The quantitative estimate of drug-likeness (QED) is 0.0501. The summed E-state index contributed by atoms with van der Waals surface area (Å²) in [5, 5.41) is 9.22. The van der Waals surface area contributed by atoms with Crippen LogP contribution < -0.4 is 0 Å². The minimum atomic E-state index is -0.420. The number of carbonyl (C=O) groups is 3. The highest BCUT2D eigenvalue weighted by Gasteiger charge is 2.14. The van der Waals surface area contributed by atoms with Gasteiger partial charge in [-0.3, -0.25) is 14.4 Å². The van der Waals surface area contributed by atoms with Crippen LogP contribution in [-0.2, 0) is 28.6 Å². The fourth-order valence-electron chi connectivity index (χ4n) is 4.79. The van der Waals surface area contributed by atoms with Crippen molar-refractivity contribution < 1.29 is 33.7 Å². The van der Waals surface area contributed by atoms with Crippen molar-refractivity contribution in [2.45, 2.75) is 157 Å². The monoisotopic (exact) mass is 630 g/mol. The summed E-state index contributed by atoms with van der Waals surface area (Å²) in [5.41, 5.74) is 0. The van der Waals surface area contributed by atoms with Crippen molar-refractivity contribution in [2.24, 2.45) is 11.8 Å². The van der Waals surface area contributed by atoms with Gasteiger partial charge >= 0.3 is 17.9 Å². The Bertz CT molecular complexity index is 654.